The molecular weight excluding hydrogens is 324 g/mol. The van der Waals surface area contributed by atoms with Crippen LogP contribution in [0.5, 0.6) is 0 Å². The van der Waals surface area contributed by atoms with E-state index in [0.29, 0.717) is 6.10 Å². The molecule has 134 valence electrons. The molecule has 1 aromatic carbocycles. The standard InChI is InChI=1S/C21H24N4O/c1-4-19(14-22-10-1)16-24(17-21-5-2-13-26-21)15-18-6-8-20(9-7-18)25-12-3-11-23-25/h1,3-4,6-12,14,21H,2,5,13,15-17H2/t21-/m0/s1. The van der Waals surface area contributed by atoms with Crippen molar-refractivity contribution in [3.05, 3.63) is 78.4 Å². The second-order valence-electron chi connectivity index (χ2n) is 6.78. The Hall–Kier alpha value is -2.50. The fourth-order valence-electron chi connectivity index (χ4n) is 3.45. The summed E-state index contributed by atoms with van der Waals surface area (Å²) < 4.78 is 7.74. The van der Waals surface area contributed by atoms with Crippen molar-refractivity contribution in [2.45, 2.75) is 32.0 Å². The average Bonchev–Trinajstić information content (AvgIpc) is 3.37. The summed E-state index contributed by atoms with van der Waals surface area (Å²) in [5, 5.41) is 4.28. The van der Waals surface area contributed by atoms with Crippen molar-refractivity contribution < 1.29 is 4.74 Å². The number of hydrogen-bond donors (Lipinski definition) is 0. The lowest BCUT2D eigenvalue weighted by Gasteiger charge is -2.25. The van der Waals surface area contributed by atoms with Crippen LogP contribution in [0.15, 0.2) is 67.3 Å². The third kappa shape index (κ3) is 4.36. The monoisotopic (exact) mass is 348 g/mol. The molecule has 0 radical (unpaired) electrons. The number of pyridine rings is 1. The Kier molecular flexibility index (Phi) is 5.38. The largest absolute Gasteiger partial charge is 0.377 e. The summed E-state index contributed by atoms with van der Waals surface area (Å²) in [6, 6.07) is 14.7. The smallest absolute Gasteiger partial charge is 0.0703 e. The predicted octanol–water partition coefficient (Wildman–Crippen LogP) is 3.45. The van der Waals surface area contributed by atoms with Gasteiger partial charge < -0.3 is 4.74 Å². The van der Waals surface area contributed by atoms with Crippen molar-refractivity contribution in [3.63, 3.8) is 0 Å². The molecule has 1 aliphatic heterocycles. The summed E-state index contributed by atoms with van der Waals surface area (Å²) >= 11 is 0. The van der Waals surface area contributed by atoms with E-state index in [2.05, 4.69) is 45.3 Å². The zero-order valence-electron chi connectivity index (χ0n) is 14.9. The molecule has 1 saturated heterocycles. The zero-order chi connectivity index (χ0) is 17.6. The Labute approximate surface area is 154 Å². The van der Waals surface area contributed by atoms with Gasteiger partial charge in [0.05, 0.1) is 11.8 Å². The van der Waals surface area contributed by atoms with Crippen LogP contribution in [0.2, 0.25) is 0 Å². The number of ether oxygens (including phenoxy) is 1. The topological polar surface area (TPSA) is 43.2 Å². The molecule has 1 aliphatic rings. The van der Waals surface area contributed by atoms with Crippen molar-refractivity contribution in [2.24, 2.45) is 0 Å². The summed E-state index contributed by atoms with van der Waals surface area (Å²) in [5.41, 5.74) is 3.61. The van der Waals surface area contributed by atoms with Crippen LogP contribution in [-0.2, 0) is 17.8 Å². The Morgan fingerprint density at radius 3 is 2.62 bits per heavy atom. The summed E-state index contributed by atoms with van der Waals surface area (Å²) in [7, 11) is 0. The molecule has 0 amide bonds. The number of nitrogens with zero attached hydrogens (tertiary/aromatic N) is 4. The maximum Gasteiger partial charge on any atom is 0.0703 e. The SMILES string of the molecule is c1cncc(CN(Cc2ccc(-n3cccn3)cc2)C[C@@H]2CCCO2)c1. The number of benzene rings is 1. The van der Waals surface area contributed by atoms with Crippen molar-refractivity contribution >= 4 is 0 Å². The third-order valence-corrected chi connectivity index (χ3v) is 4.73. The molecule has 3 aromatic rings. The van der Waals surface area contributed by atoms with E-state index in [0.717, 1.165) is 38.3 Å². The summed E-state index contributed by atoms with van der Waals surface area (Å²) in [5.74, 6) is 0. The Morgan fingerprint density at radius 2 is 1.92 bits per heavy atom. The minimum absolute atomic E-state index is 0.343. The van der Waals surface area contributed by atoms with Gasteiger partial charge in [0.25, 0.3) is 0 Å². The summed E-state index contributed by atoms with van der Waals surface area (Å²) in [4.78, 5) is 6.70. The van der Waals surface area contributed by atoms with Crippen molar-refractivity contribution in [2.75, 3.05) is 13.2 Å². The van der Waals surface area contributed by atoms with Gasteiger partial charge >= 0.3 is 0 Å². The second-order valence-corrected chi connectivity index (χ2v) is 6.78. The first-order valence-corrected chi connectivity index (χ1v) is 9.19. The Morgan fingerprint density at radius 1 is 1.04 bits per heavy atom. The van der Waals surface area contributed by atoms with E-state index in [9.17, 15) is 0 Å². The molecule has 0 unspecified atom stereocenters. The van der Waals surface area contributed by atoms with E-state index in [1.165, 1.54) is 17.5 Å². The third-order valence-electron chi connectivity index (χ3n) is 4.73. The lowest BCUT2D eigenvalue weighted by atomic mass is 10.1. The molecule has 0 saturated carbocycles. The zero-order valence-corrected chi connectivity index (χ0v) is 14.9. The average molecular weight is 348 g/mol. The lowest BCUT2D eigenvalue weighted by molar-refractivity contribution is 0.0679. The molecule has 0 bridgehead atoms. The van der Waals surface area contributed by atoms with E-state index in [-0.39, 0.29) is 0 Å². The highest BCUT2D eigenvalue weighted by atomic mass is 16.5. The minimum atomic E-state index is 0.343. The molecule has 1 atom stereocenters. The van der Waals surface area contributed by atoms with Crippen LogP contribution in [0.4, 0.5) is 0 Å². The van der Waals surface area contributed by atoms with Crippen LogP contribution >= 0.6 is 0 Å². The summed E-state index contributed by atoms with van der Waals surface area (Å²) in [6.07, 6.45) is 10.2. The molecule has 4 rings (SSSR count). The van der Waals surface area contributed by atoms with E-state index < -0.39 is 0 Å². The molecule has 0 N–H and O–H groups in total. The van der Waals surface area contributed by atoms with Crippen molar-refractivity contribution in [1.82, 2.24) is 19.7 Å². The highest BCUT2D eigenvalue weighted by Gasteiger charge is 2.19. The number of aromatic nitrogens is 3. The second kappa shape index (κ2) is 8.25. The van der Waals surface area contributed by atoms with E-state index in [1.807, 2.05) is 35.4 Å². The minimum Gasteiger partial charge on any atom is -0.377 e. The Bertz CT molecular complexity index is 781. The summed E-state index contributed by atoms with van der Waals surface area (Å²) in [6.45, 7) is 3.63. The van der Waals surface area contributed by atoms with Gasteiger partial charge in [-0.3, -0.25) is 9.88 Å². The first-order valence-electron chi connectivity index (χ1n) is 9.19. The normalized spacial score (nSPS) is 17.0. The van der Waals surface area contributed by atoms with Gasteiger partial charge in [-0.2, -0.15) is 5.10 Å². The van der Waals surface area contributed by atoms with Crippen molar-refractivity contribution in [3.8, 4) is 5.69 Å². The highest BCUT2D eigenvalue weighted by molar-refractivity contribution is 5.33. The van der Waals surface area contributed by atoms with Crippen molar-refractivity contribution in [1.29, 1.82) is 0 Å². The first kappa shape index (κ1) is 16.9. The molecular formula is C21H24N4O. The first-order chi connectivity index (χ1) is 12.9. The van der Waals surface area contributed by atoms with E-state index in [1.54, 1.807) is 6.20 Å². The molecule has 5 heteroatoms. The van der Waals surface area contributed by atoms with Crippen LogP contribution in [0.1, 0.15) is 24.0 Å². The molecule has 26 heavy (non-hydrogen) atoms. The number of rotatable bonds is 7. The van der Waals surface area contributed by atoms with Gasteiger partial charge in [-0.05, 0) is 48.2 Å². The fraction of sp³-hybridized carbons (Fsp3) is 0.333. The van der Waals surface area contributed by atoms with Gasteiger partial charge in [-0.15, -0.1) is 0 Å². The van der Waals surface area contributed by atoms with Gasteiger partial charge in [0.1, 0.15) is 0 Å². The molecule has 0 spiro atoms. The maximum atomic E-state index is 5.86. The van der Waals surface area contributed by atoms with E-state index >= 15 is 0 Å². The quantitative estimate of drug-likeness (QED) is 0.656. The molecule has 0 aliphatic carbocycles. The predicted molar refractivity (Wildman–Crippen MR) is 101 cm³/mol. The highest BCUT2D eigenvalue weighted by Crippen LogP contribution is 2.18. The maximum absolute atomic E-state index is 5.86. The van der Waals surface area contributed by atoms with Gasteiger partial charge in [-0.1, -0.05) is 18.2 Å². The van der Waals surface area contributed by atoms with Crippen LogP contribution in [0.25, 0.3) is 5.69 Å². The fourth-order valence-corrected chi connectivity index (χ4v) is 3.45. The van der Waals surface area contributed by atoms with Gasteiger partial charge in [0.2, 0.25) is 0 Å². The van der Waals surface area contributed by atoms with Crippen LogP contribution in [-0.4, -0.2) is 38.9 Å². The lowest BCUT2D eigenvalue weighted by Crippen LogP contribution is -2.31. The van der Waals surface area contributed by atoms with E-state index in [4.69, 9.17) is 4.74 Å². The van der Waals surface area contributed by atoms with Crippen LogP contribution < -0.4 is 0 Å². The number of hydrogen-bond acceptors (Lipinski definition) is 4. The van der Waals surface area contributed by atoms with Crippen LogP contribution in [0.3, 0.4) is 0 Å². The Balaban J connectivity index is 1.46. The van der Waals surface area contributed by atoms with Gasteiger partial charge in [0, 0.05) is 51.0 Å². The molecule has 5 nitrogen and oxygen atoms in total. The van der Waals surface area contributed by atoms with Gasteiger partial charge in [0.15, 0.2) is 0 Å². The molecule has 3 heterocycles. The molecule has 1 fully saturated rings. The molecule has 2 aromatic heterocycles. The van der Waals surface area contributed by atoms with Crippen LogP contribution in [0, 0.1) is 0 Å². The van der Waals surface area contributed by atoms with Gasteiger partial charge in [-0.25, -0.2) is 4.68 Å².